The molecule has 0 aromatic heterocycles. The molecule has 0 unspecified atom stereocenters. The molecule has 0 saturated heterocycles. The van der Waals surface area contributed by atoms with E-state index in [0.717, 1.165) is 17.7 Å². The normalized spacial score (nSPS) is 10.2. The maximum atomic E-state index is 12.9. The van der Waals surface area contributed by atoms with Crippen LogP contribution >= 0.6 is 0 Å². The number of hydrogen-bond acceptors (Lipinski definition) is 2. The molecule has 2 aromatic rings. The zero-order valence-corrected chi connectivity index (χ0v) is 9.61. The summed E-state index contributed by atoms with van der Waals surface area (Å²) in [4.78, 5) is 11.7. The third-order valence-electron chi connectivity index (χ3n) is 2.30. The molecule has 0 aliphatic heterocycles. The minimum atomic E-state index is -0.790. The summed E-state index contributed by atoms with van der Waals surface area (Å²) in [7, 11) is 0. The van der Waals surface area contributed by atoms with Gasteiger partial charge in [0, 0.05) is 18.2 Å². The second kappa shape index (κ2) is 4.96. The molecular formula is C14H10F2O2. The lowest BCUT2D eigenvalue weighted by Gasteiger charge is -2.05. The fourth-order valence-corrected chi connectivity index (χ4v) is 1.53. The summed E-state index contributed by atoms with van der Waals surface area (Å²) in [6.07, 6.45) is 0. The number of carbonyl (C=O) groups is 1. The Morgan fingerprint density at radius 1 is 1.06 bits per heavy atom. The van der Waals surface area contributed by atoms with Gasteiger partial charge in [-0.15, -0.1) is 0 Å². The number of ether oxygens (including phenoxy) is 1. The highest BCUT2D eigenvalue weighted by Crippen LogP contribution is 2.17. The first kappa shape index (κ1) is 12.2. The van der Waals surface area contributed by atoms with Crippen LogP contribution in [0.5, 0.6) is 5.75 Å². The van der Waals surface area contributed by atoms with Gasteiger partial charge in [0.05, 0.1) is 5.56 Å². The molecule has 2 nitrogen and oxygen atoms in total. The van der Waals surface area contributed by atoms with Crippen molar-refractivity contribution in [1.82, 2.24) is 0 Å². The third-order valence-corrected chi connectivity index (χ3v) is 2.30. The van der Waals surface area contributed by atoms with Gasteiger partial charge in [-0.1, -0.05) is 17.7 Å². The van der Waals surface area contributed by atoms with E-state index < -0.39 is 17.6 Å². The summed E-state index contributed by atoms with van der Waals surface area (Å²) >= 11 is 0. The molecule has 0 radical (unpaired) electrons. The van der Waals surface area contributed by atoms with Crippen LogP contribution in [0, 0.1) is 18.6 Å². The second-order valence-electron chi connectivity index (χ2n) is 3.86. The van der Waals surface area contributed by atoms with Crippen molar-refractivity contribution in [1.29, 1.82) is 0 Å². The van der Waals surface area contributed by atoms with Crippen LogP contribution in [0.1, 0.15) is 15.9 Å². The molecule has 0 bridgehead atoms. The van der Waals surface area contributed by atoms with Crippen LogP contribution in [0.4, 0.5) is 8.78 Å². The summed E-state index contributed by atoms with van der Waals surface area (Å²) in [6.45, 7) is 1.83. The second-order valence-corrected chi connectivity index (χ2v) is 3.86. The molecule has 2 rings (SSSR count). The molecule has 92 valence electrons. The first-order valence-corrected chi connectivity index (χ1v) is 5.29. The number of esters is 1. The molecule has 4 heteroatoms. The molecule has 0 atom stereocenters. The Labute approximate surface area is 103 Å². The van der Waals surface area contributed by atoms with Crippen LogP contribution in [-0.4, -0.2) is 5.97 Å². The van der Waals surface area contributed by atoms with Crippen molar-refractivity contribution in [2.45, 2.75) is 6.92 Å². The molecular weight excluding hydrogens is 238 g/mol. The van der Waals surface area contributed by atoms with Gasteiger partial charge in [-0.3, -0.25) is 0 Å². The molecule has 0 amide bonds. The summed E-state index contributed by atoms with van der Waals surface area (Å²) in [5.41, 5.74) is 1.23. The quantitative estimate of drug-likeness (QED) is 0.600. The van der Waals surface area contributed by atoms with Crippen molar-refractivity contribution in [2.75, 3.05) is 0 Å². The van der Waals surface area contributed by atoms with Crippen LogP contribution < -0.4 is 4.74 Å². The van der Waals surface area contributed by atoms with Crippen molar-refractivity contribution < 1.29 is 18.3 Å². The summed E-state index contributed by atoms with van der Waals surface area (Å²) in [5.74, 6) is -2.38. The van der Waals surface area contributed by atoms with Crippen LogP contribution in [0.25, 0.3) is 0 Å². The van der Waals surface area contributed by atoms with E-state index in [2.05, 4.69) is 0 Å². The lowest BCUT2D eigenvalue weighted by molar-refractivity contribution is 0.0734. The van der Waals surface area contributed by atoms with Crippen LogP contribution in [-0.2, 0) is 0 Å². The Kier molecular flexibility index (Phi) is 3.37. The van der Waals surface area contributed by atoms with Gasteiger partial charge in [0.1, 0.15) is 17.4 Å². The van der Waals surface area contributed by atoms with E-state index >= 15 is 0 Å². The number of rotatable bonds is 2. The molecule has 2 aromatic carbocycles. The zero-order valence-electron chi connectivity index (χ0n) is 9.61. The first-order chi connectivity index (χ1) is 8.54. The van der Waals surface area contributed by atoms with Gasteiger partial charge < -0.3 is 4.74 Å². The maximum Gasteiger partial charge on any atom is 0.343 e. The van der Waals surface area contributed by atoms with Gasteiger partial charge in [-0.25, -0.2) is 13.6 Å². The average molecular weight is 248 g/mol. The standard InChI is InChI=1S/C14H10F2O2/c1-9-3-2-4-10(5-9)14(17)18-13-7-11(15)6-12(16)8-13/h2-8H,1H3. The molecule has 0 N–H and O–H groups in total. The van der Waals surface area contributed by atoms with Crippen LogP contribution in [0.2, 0.25) is 0 Å². The highest BCUT2D eigenvalue weighted by Gasteiger charge is 2.10. The summed E-state index contributed by atoms with van der Waals surface area (Å²) < 4.78 is 30.7. The van der Waals surface area contributed by atoms with Gasteiger partial charge in [-0.05, 0) is 19.1 Å². The number of carbonyl (C=O) groups excluding carboxylic acids is 1. The van der Waals surface area contributed by atoms with Gasteiger partial charge in [0.25, 0.3) is 0 Å². The van der Waals surface area contributed by atoms with Gasteiger partial charge in [0.15, 0.2) is 0 Å². The lowest BCUT2D eigenvalue weighted by atomic mass is 10.1. The fourth-order valence-electron chi connectivity index (χ4n) is 1.53. The number of aryl methyl sites for hydroxylation is 1. The van der Waals surface area contributed by atoms with E-state index in [4.69, 9.17) is 4.74 Å². The highest BCUT2D eigenvalue weighted by atomic mass is 19.1. The van der Waals surface area contributed by atoms with Crippen molar-refractivity contribution in [3.8, 4) is 5.75 Å². The molecule has 0 fully saturated rings. The van der Waals surface area contributed by atoms with Crippen molar-refractivity contribution in [3.63, 3.8) is 0 Å². The monoisotopic (exact) mass is 248 g/mol. The number of hydrogen-bond donors (Lipinski definition) is 0. The molecule has 18 heavy (non-hydrogen) atoms. The summed E-state index contributed by atoms with van der Waals surface area (Å²) in [6, 6.07) is 9.37. The van der Waals surface area contributed by atoms with E-state index in [9.17, 15) is 13.6 Å². The molecule has 0 saturated carbocycles. The lowest BCUT2D eigenvalue weighted by Crippen LogP contribution is -2.08. The Balaban J connectivity index is 2.21. The Hall–Kier alpha value is -2.23. The van der Waals surface area contributed by atoms with Crippen LogP contribution in [0.3, 0.4) is 0 Å². The SMILES string of the molecule is Cc1cccc(C(=O)Oc2cc(F)cc(F)c2)c1. The van der Waals surface area contributed by atoms with Crippen LogP contribution in [0.15, 0.2) is 42.5 Å². The van der Waals surface area contributed by atoms with Crippen molar-refractivity contribution >= 4 is 5.97 Å². The van der Waals surface area contributed by atoms with Crippen molar-refractivity contribution in [2.24, 2.45) is 0 Å². The van der Waals surface area contributed by atoms with Gasteiger partial charge in [0.2, 0.25) is 0 Å². The topological polar surface area (TPSA) is 26.3 Å². The van der Waals surface area contributed by atoms with E-state index in [0.29, 0.717) is 11.6 Å². The highest BCUT2D eigenvalue weighted by molar-refractivity contribution is 5.91. The van der Waals surface area contributed by atoms with E-state index in [-0.39, 0.29) is 5.75 Å². The fraction of sp³-hybridized carbons (Fsp3) is 0.0714. The van der Waals surface area contributed by atoms with Gasteiger partial charge in [-0.2, -0.15) is 0 Å². The van der Waals surface area contributed by atoms with E-state index in [1.54, 1.807) is 18.2 Å². The Bertz CT molecular complexity index is 574. The average Bonchev–Trinajstić information content (AvgIpc) is 2.27. The molecule has 0 heterocycles. The predicted molar refractivity (Wildman–Crippen MR) is 62.5 cm³/mol. The van der Waals surface area contributed by atoms with E-state index in [1.807, 2.05) is 13.0 Å². The zero-order chi connectivity index (χ0) is 13.1. The maximum absolute atomic E-state index is 12.9. The Morgan fingerprint density at radius 2 is 1.72 bits per heavy atom. The summed E-state index contributed by atoms with van der Waals surface area (Å²) in [5, 5.41) is 0. The predicted octanol–water partition coefficient (Wildman–Crippen LogP) is 3.49. The molecule has 0 aliphatic rings. The molecule has 0 spiro atoms. The Morgan fingerprint density at radius 3 is 2.33 bits per heavy atom. The number of halogens is 2. The van der Waals surface area contributed by atoms with Gasteiger partial charge >= 0.3 is 5.97 Å². The minimum Gasteiger partial charge on any atom is -0.423 e. The third kappa shape index (κ3) is 2.91. The largest absolute Gasteiger partial charge is 0.423 e. The first-order valence-electron chi connectivity index (χ1n) is 5.29. The number of benzene rings is 2. The van der Waals surface area contributed by atoms with Crippen molar-refractivity contribution in [3.05, 3.63) is 65.2 Å². The smallest absolute Gasteiger partial charge is 0.343 e. The minimum absolute atomic E-state index is 0.154. The molecule has 0 aliphatic carbocycles. The van der Waals surface area contributed by atoms with E-state index in [1.165, 1.54) is 0 Å².